The van der Waals surface area contributed by atoms with Crippen molar-refractivity contribution in [2.45, 2.75) is 19.8 Å². The zero-order valence-corrected chi connectivity index (χ0v) is 12.2. The molecular weight excluding hydrogens is 272 g/mol. The fraction of sp³-hybridized carbons (Fsp3) is 0.714. The molecule has 7 nitrogen and oxygen atoms in total. The van der Waals surface area contributed by atoms with E-state index in [4.69, 9.17) is 15.6 Å². The second-order valence-electron chi connectivity index (χ2n) is 5.31. The lowest BCUT2D eigenvalue weighted by Crippen LogP contribution is -2.40. The maximum Gasteiger partial charge on any atom is 0.308 e. The van der Waals surface area contributed by atoms with Gasteiger partial charge in [-0.1, -0.05) is 6.92 Å². The molecule has 0 spiro atoms. The molecule has 0 aromatic carbocycles. The molecule has 7 heteroatoms. The molecule has 2 atom stereocenters. The van der Waals surface area contributed by atoms with Gasteiger partial charge in [0.25, 0.3) is 0 Å². The Kier molecular flexibility index (Phi) is 6.64. The van der Waals surface area contributed by atoms with Gasteiger partial charge < -0.3 is 10.0 Å². The van der Waals surface area contributed by atoms with Gasteiger partial charge in [0.05, 0.1) is 37.4 Å². The first-order valence-electron chi connectivity index (χ1n) is 6.96. The van der Waals surface area contributed by atoms with Gasteiger partial charge in [0.1, 0.15) is 0 Å². The predicted octanol–water partition coefficient (Wildman–Crippen LogP) is 0.295. The molecular formula is C14H20N4O3. The minimum Gasteiger partial charge on any atom is -0.481 e. The van der Waals surface area contributed by atoms with E-state index in [1.165, 1.54) is 4.90 Å². The Labute approximate surface area is 124 Å². The third kappa shape index (κ3) is 5.05. The van der Waals surface area contributed by atoms with E-state index in [0.717, 1.165) is 0 Å². The standard InChI is InChI=1S/C14H20N4O3/c1-11-8-17(9-12(11)14(20)21)10-13(19)18(6-2-4-15)7-3-5-16/h11-12H,2-3,6-10H2,1H3,(H,20,21). The van der Waals surface area contributed by atoms with Crippen molar-refractivity contribution in [3.63, 3.8) is 0 Å². The van der Waals surface area contributed by atoms with Crippen LogP contribution in [0.5, 0.6) is 0 Å². The van der Waals surface area contributed by atoms with Crippen LogP contribution in [0.4, 0.5) is 0 Å². The van der Waals surface area contributed by atoms with Gasteiger partial charge in [-0.05, 0) is 5.92 Å². The van der Waals surface area contributed by atoms with E-state index in [0.29, 0.717) is 26.2 Å². The quantitative estimate of drug-likeness (QED) is 0.722. The maximum atomic E-state index is 12.2. The fourth-order valence-corrected chi connectivity index (χ4v) is 2.54. The van der Waals surface area contributed by atoms with Gasteiger partial charge in [-0.15, -0.1) is 0 Å². The number of aliphatic carboxylic acids is 1. The molecule has 0 radical (unpaired) electrons. The number of carbonyl (C=O) groups excluding carboxylic acids is 1. The first-order valence-corrected chi connectivity index (χ1v) is 6.96. The summed E-state index contributed by atoms with van der Waals surface area (Å²) in [4.78, 5) is 26.6. The van der Waals surface area contributed by atoms with Gasteiger partial charge >= 0.3 is 5.97 Å². The van der Waals surface area contributed by atoms with E-state index in [1.54, 1.807) is 0 Å². The summed E-state index contributed by atoms with van der Waals surface area (Å²) in [5.41, 5.74) is 0. The minimum absolute atomic E-state index is 0.0157. The number of hydrogen-bond acceptors (Lipinski definition) is 5. The van der Waals surface area contributed by atoms with Crippen LogP contribution in [0.2, 0.25) is 0 Å². The summed E-state index contributed by atoms with van der Waals surface area (Å²) in [6.07, 6.45) is 0.455. The molecule has 1 N–H and O–H groups in total. The number of nitriles is 2. The van der Waals surface area contributed by atoms with Crippen LogP contribution in [0.1, 0.15) is 19.8 Å². The van der Waals surface area contributed by atoms with Gasteiger partial charge in [-0.3, -0.25) is 14.5 Å². The zero-order chi connectivity index (χ0) is 15.8. The summed E-state index contributed by atoms with van der Waals surface area (Å²) >= 11 is 0. The smallest absolute Gasteiger partial charge is 0.308 e. The van der Waals surface area contributed by atoms with Crippen molar-refractivity contribution in [1.29, 1.82) is 10.5 Å². The number of likely N-dealkylation sites (tertiary alicyclic amines) is 1. The van der Waals surface area contributed by atoms with Crippen LogP contribution < -0.4 is 0 Å². The Balaban J connectivity index is 2.55. The molecule has 1 saturated heterocycles. The van der Waals surface area contributed by atoms with Crippen LogP contribution in [0.15, 0.2) is 0 Å². The third-order valence-corrected chi connectivity index (χ3v) is 3.70. The van der Waals surface area contributed by atoms with Crippen LogP contribution in [0.3, 0.4) is 0 Å². The first kappa shape index (κ1) is 16.9. The Morgan fingerprint density at radius 2 is 1.81 bits per heavy atom. The van der Waals surface area contributed by atoms with Crippen molar-refractivity contribution in [3.05, 3.63) is 0 Å². The molecule has 1 heterocycles. The number of nitrogens with zero attached hydrogens (tertiary/aromatic N) is 4. The summed E-state index contributed by atoms with van der Waals surface area (Å²) in [6, 6.07) is 3.97. The average molecular weight is 292 g/mol. The van der Waals surface area contributed by atoms with Gasteiger partial charge in [0.15, 0.2) is 0 Å². The van der Waals surface area contributed by atoms with Gasteiger partial charge in [0, 0.05) is 26.2 Å². The molecule has 114 valence electrons. The molecule has 1 aliphatic heterocycles. The average Bonchev–Trinajstić information content (AvgIpc) is 2.79. The van der Waals surface area contributed by atoms with Gasteiger partial charge in [-0.25, -0.2) is 0 Å². The van der Waals surface area contributed by atoms with E-state index >= 15 is 0 Å². The Morgan fingerprint density at radius 3 is 2.24 bits per heavy atom. The highest BCUT2D eigenvalue weighted by atomic mass is 16.4. The Hall–Kier alpha value is -2.12. The highest BCUT2D eigenvalue weighted by Gasteiger charge is 2.35. The van der Waals surface area contributed by atoms with E-state index in [2.05, 4.69) is 0 Å². The van der Waals surface area contributed by atoms with E-state index in [-0.39, 0.29) is 31.2 Å². The number of carboxylic acids is 1. The highest BCUT2D eigenvalue weighted by Crippen LogP contribution is 2.22. The highest BCUT2D eigenvalue weighted by molar-refractivity contribution is 5.78. The molecule has 21 heavy (non-hydrogen) atoms. The molecule has 0 aliphatic carbocycles. The Bertz CT molecular complexity index is 448. The van der Waals surface area contributed by atoms with Crippen molar-refractivity contribution < 1.29 is 14.7 Å². The predicted molar refractivity (Wildman–Crippen MR) is 73.8 cm³/mol. The summed E-state index contributed by atoms with van der Waals surface area (Å²) in [5.74, 6) is -1.41. The summed E-state index contributed by atoms with van der Waals surface area (Å²) in [7, 11) is 0. The zero-order valence-electron chi connectivity index (χ0n) is 12.2. The normalized spacial score (nSPS) is 21.5. The van der Waals surface area contributed by atoms with E-state index in [9.17, 15) is 9.59 Å². The van der Waals surface area contributed by atoms with Crippen molar-refractivity contribution in [2.75, 3.05) is 32.7 Å². The van der Waals surface area contributed by atoms with E-state index < -0.39 is 11.9 Å². The third-order valence-electron chi connectivity index (χ3n) is 3.70. The molecule has 1 amide bonds. The molecule has 0 bridgehead atoms. The van der Waals surface area contributed by atoms with Crippen molar-refractivity contribution >= 4 is 11.9 Å². The number of carbonyl (C=O) groups is 2. The second kappa shape index (κ2) is 8.23. The largest absolute Gasteiger partial charge is 0.481 e. The lowest BCUT2D eigenvalue weighted by Gasteiger charge is -2.23. The first-order chi connectivity index (χ1) is 9.99. The maximum absolute atomic E-state index is 12.2. The SMILES string of the molecule is CC1CN(CC(=O)N(CCC#N)CCC#N)CC1C(=O)O. The summed E-state index contributed by atoms with van der Waals surface area (Å²) < 4.78 is 0. The summed E-state index contributed by atoms with van der Waals surface area (Å²) in [5, 5.41) is 26.3. The summed E-state index contributed by atoms with van der Waals surface area (Å²) in [6.45, 7) is 3.57. The van der Waals surface area contributed by atoms with Gasteiger partial charge in [-0.2, -0.15) is 10.5 Å². The van der Waals surface area contributed by atoms with Crippen LogP contribution >= 0.6 is 0 Å². The van der Waals surface area contributed by atoms with Crippen LogP contribution in [0.25, 0.3) is 0 Å². The molecule has 2 unspecified atom stereocenters. The monoisotopic (exact) mass is 292 g/mol. The molecule has 0 aromatic heterocycles. The topological polar surface area (TPSA) is 108 Å². The molecule has 0 aromatic rings. The number of rotatable bonds is 7. The van der Waals surface area contributed by atoms with Crippen LogP contribution in [-0.4, -0.2) is 59.5 Å². The molecule has 1 rings (SSSR count). The number of carboxylic acid groups (broad SMARTS) is 1. The number of hydrogen-bond donors (Lipinski definition) is 1. The Morgan fingerprint density at radius 1 is 1.24 bits per heavy atom. The van der Waals surface area contributed by atoms with Crippen molar-refractivity contribution in [2.24, 2.45) is 11.8 Å². The lowest BCUT2D eigenvalue weighted by atomic mass is 9.99. The van der Waals surface area contributed by atoms with Crippen LogP contribution in [-0.2, 0) is 9.59 Å². The van der Waals surface area contributed by atoms with Crippen molar-refractivity contribution in [3.8, 4) is 12.1 Å². The minimum atomic E-state index is -0.830. The number of amides is 1. The van der Waals surface area contributed by atoms with Crippen LogP contribution in [0, 0.1) is 34.5 Å². The lowest BCUT2D eigenvalue weighted by molar-refractivity contribution is -0.142. The molecule has 1 aliphatic rings. The molecule has 0 saturated carbocycles. The van der Waals surface area contributed by atoms with Gasteiger partial charge in [0.2, 0.25) is 5.91 Å². The fourth-order valence-electron chi connectivity index (χ4n) is 2.54. The molecule has 1 fully saturated rings. The van der Waals surface area contributed by atoms with E-state index in [1.807, 2.05) is 24.0 Å². The second-order valence-corrected chi connectivity index (χ2v) is 5.31. The van der Waals surface area contributed by atoms with Crippen molar-refractivity contribution in [1.82, 2.24) is 9.80 Å².